The van der Waals surface area contributed by atoms with Crippen LogP contribution in [-0.4, -0.2) is 31.3 Å². The van der Waals surface area contributed by atoms with Gasteiger partial charge in [0.05, 0.1) is 6.54 Å². The molecule has 0 unspecified atom stereocenters. The van der Waals surface area contributed by atoms with Crippen molar-refractivity contribution in [2.45, 2.75) is 31.7 Å². The highest BCUT2D eigenvalue weighted by Crippen LogP contribution is 2.17. The van der Waals surface area contributed by atoms with Gasteiger partial charge in [-0.1, -0.05) is 12.8 Å². The van der Waals surface area contributed by atoms with E-state index in [1.54, 1.807) is 0 Å². The summed E-state index contributed by atoms with van der Waals surface area (Å²) in [5.41, 5.74) is 4.75. The van der Waals surface area contributed by atoms with Crippen molar-refractivity contribution in [2.24, 2.45) is 5.73 Å². The van der Waals surface area contributed by atoms with Crippen LogP contribution in [0.2, 0.25) is 0 Å². The fraction of sp³-hybridized carbons (Fsp3) is 0.778. The summed E-state index contributed by atoms with van der Waals surface area (Å²) >= 11 is 0. The SMILES string of the molecule is NC(=O)OCCNC(=O)NC1CCCC1. The fourth-order valence-corrected chi connectivity index (χ4v) is 1.62. The molecule has 6 nitrogen and oxygen atoms in total. The fourth-order valence-electron chi connectivity index (χ4n) is 1.62. The lowest BCUT2D eigenvalue weighted by atomic mass is 10.3. The van der Waals surface area contributed by atoms with Gasteiger partial charge in [0.2, 0.25) is 0 Å². The zero-order chi connectivity index (χ0) is 11.1. The van der Waals surface area contributed by atoms with E-state index in [1.807, 2.05) is 0 Å². The Morgan fingerprint density at radius 3 is 2.60 bits per heavy atom. The first-order valence-corrected chi connectivity index (χ1v) is 5.15. The van der Waals surface area contributed by atoms with Gasteiger partial charge in [0.1, 0.15) is 6.61 Å². The average Bonchev–Trinajstić information content (AvgIpc) is 2.64. The van der Waals surface area contributed by atoms with Gasteiger partial charge in [-0.2, -0.15) is 0 Å². The molecule has 0 heterocycles. The zero-order valence-corrected chi connectivity index (χ0v) is 8.62. The van der Waals surface area contributed by atoms with Gasteiger partial charge < -0.3 is 21.1 Å². The zero-order valence-electron chi connectivity index (χ0n) is 8.62. The summed E-state index contributed by atoms with van der Waals surface area (Å²) in [4.78, 5) is 21.4. The van der Waals surface area contributed by atoms with Gasteiger partial charge in [-0.25, -0.2) is 9.59 Å². The number of nitrogens with two attached hydrogens (primary N) is 1. The van der Waals surface area contributed by atoms with E-state index < -0.39 is 6.09 Å². The third-order valence-corrected chi connectivity index (χ3v) is 2.32. The first-order chi connectivity index (χ1) is 7.18. The Morgan fingerprint density at radius 1 is 1.33 bits per heavy atom. The van der Waals surface area contributed by atoms with Crippen LogP contribution in [0, 0.1) is 0 Å². The molecule has 15 heavy (non-hydrogen) atoms. The summed E-state index contributed by atoms with van der Waals surface area (Å²) in [6.07, 6.45) is 3.62. The first kappa shape index (κ1) is 11.6. The maximum absolute atomic E-state index is 11.2. The molecule has 0 spiro atoms. The van der Waals surface area contributed by atoms with Crippen LogP contribution < -0.4 is 16.4 Å². The van der Waals surface area contributed by atoms with Crippen LogP contribution in [-0.2, 0) is 4.74 Å². The Labute approximate surface area is 88.5 Å². The summed E-state index contributed by atoms with van der Waals surface area (Å²) in [6.45, 7) is 0.384. The standard InChI is InChI=1S/C9H17N3O3/c10-8(13)15-6-5-11-9(14)12-7-3-1-2-4-7/h7H,1-6H2,(H2,10,13)(H2,11,12,14). The minimum atomic E-state index is -0.826. The van der Waals surface area contributed by atoms with E-state index in [9.17, 15) is 9.59 Å². The van der Waals surface area contributed by atoms with Crippen LogP contribution in [0.1, 0.15) is 25.7 Å². The van der Waals surface area contributed by atoms with E-state index in [0.717, 1.165) is 12.8 Å². The number of carbonyl (C=O) groups is 2. The Bertz CT molecular complexity index is 227. The summed E-state index contributed by atoms with van der Waals surface area (Å²) in [5, 5.41) is 5.43. The molecule has 0 radical (unpaired) electrons. The molecule has 1 rings (SSSR count). The molecule has 4 N–H and O–H groups in total. The number of amides is 3. The summed E-state index contributed by atoms with van der Waals surface area (Å²) < 4.78 is 4.46. The second kappa shape index (κ2) is 6.10. The highest BCUT2D eigenvalue weighted by atomic mass is 16.5. The average molecular weight is 215 g/mol. The van der Waals surface area contributed by atoms with Crippen molar-refractivity contribution in [2.75, 3.05) is 13.2 Å². The molecular weight excluding hydrogens is 198 g/mol. The molecule has 0 aromatic rings. The van der Waals surface area contributed by atoms with Crippen LogP contribution in [0.4, 0.5) is 9.59 Å². The molecule has 0 saturated heterocycles. The number of hydrogen-bond acceptors (Lipinski definition) is 3. The van der Waals surface area contributed by atoms with Crippen LogP contribution in [0.15, 0.2) is 0 Å². The molecule has 3 amide bonds. The Hall–Kier alpha value is -1.46. The normalized spacial score (nSPS) is 16.0. The highest BCUT2D eigenvalue weighted by molar-refractivity contribution is 5.74. The van der Waals surface area contributed by atoms with Crippen LogP contribution >= 0.6 is 0 Å². The first-order valence-electron chi connectivity index (χ1n) is 5.15. The number of urea groups is 1. The largest absolute Gasteiger partial charge is 0.448 e. The van der Waals surface area contributed by atoms with Gasteiger partial charge in [-0.05, 0) is 12.8 Å². The molecule has 1 aliphatic rings. The van der Waals surface area contributed by atoms with Crippen molar-refractivity contribution in [3.05, 3.63) is 0 Å². The lowest BCUT2D eigenvalue weighted by Gasteiger charge is -2.12. The van der Waals surface area contributed by atoms with E-state index in [2.05, 4.69) is 15.4 Å². The summed E-state index contributed by atoms with van der Waals surface area (Å²) in [7, 11) is 0. The molecule has 0 aromatic heterocycles. The molecule has 0 bridgehead atoms. The predicted octanol–water partition coefficient (Wildman–Crippen LogP) is 0.323. The summed E-state index contributed by atoms with van der Waals surface area (Å²) in [6, 6.07) is 0.0806. The van der Waals surface area contributed by atoms with Crippen molar-refractivity contribution in [1.29, 1.82) is 0 Å². The number of carbonyl (C=O) groups excluding carboxylic acids is 2. The smallest absolute Gasteiger partial charge is 0.404 e. The second-order valence-corrected chi connectivity index (χ2v) is 3.55. The summed E-state index contributed by atoms with van der Waals surface area (Å²) in [5.74, 6) is 0. The lowest BCUT2D eigenvalue weighted by Crippen LogP contribution is -2.42. The number of ether oxygens (including phenoxy) is 1. The maximum atomic E-state index is 11.2. The topological polar surface area (TPSA) is 93.5 Å². The van der Waals surface area contributed by atoms with Crippen molar-refractivity contribution in [1.82, 2.24) is 10.6 Å². The van der Waals surface area contributed by atoms with Gasteiger partial charge in [0.25, 0.3) is 0 Å². The molecule has 86 valence electrons. The molecule has 0 aliphatic heterocycles. The van der Waals surface area contributed by atoms with Gasteiger partial charge in [0.15, 0.2) is 0 Å². The quantitative estimate of drug-likeness (QED) is 0.590. The molecular formula is C9H17N3O3. The van der Waals surface area contributed by atoms with E-state index in [0.29, 0.717) is 6.04 Å². The highest BCUT2D eigenvalue weighted by Gasteiger charge is 2.16. The van der Waals surface area contributed by atoms with Crippen LogP contribution in [0.5, 0.6) is 0 Å². The lowest BCUT2D eigenvalue weighted by molar-refractivity contribution is 0.157. The molecule has 6 heteroatoms. The third-order valence-electron chi connectivity index (χ3n) is 2.32. The van der Waals surface area contributed by atoms with Crippen molar-refractivity contribution in [3.63, 3.8) is 0 Å². The Balaban J connectivity index is 2.00. The van der Waals surface area contributed by atoms with E-state index in [1.165, 1.54) is 12.8 Å². The van der Waals surface area contributed by atoms with Gasteiger partial charge in [-0.3, -0.25) is 0 Å². The van der Waals surface area contributed by atoms with Gasteiger partial charge in [0, 0.05) is 6.04 Å². The van der Waals surface area contributed by atoms with Gasteiger partial charge in [-0.15, -0.1) is 0 Å². The van der Waals surface area contributed by atoms with E-state index in [4.69, 9.17) is 5.73 Å². The minimum absolute atomic E-state index is 0.105. The third kappa shape index (κ3) is 5.09. The Kier molecular flexibility index (Phi) is 4.73. The van der Waals surface area contributed by atoms with Gasteiger partial charge >= 0.3 is 12.1 Å². The predicted molar refractivity (Wildman–Crippen MR) is 54.3 cm³/mol. The Morgan fingerprint density at radius 2 is 2.00 bits per heavy atom. The molecule has 1 saturated carbocycles. The monoisotopic (exact) mass is 215 g/mol. The van der Waals surface area contributed by atoms with Crippen molar-refractivity contribution >= 4 is 12.1 Å². The molecule has 1 aliphatic carbocycles. The number of hydrogen-bond donors (Lipinski definition) is 3. The van der Waals surface area contributed by atoms with Crippen LogP contribution in [0.25, 0.3) is 0 Å². The second-order valence-electron chi connectivity index (χ2n) is 3.55. The number of primary amides is 1. The number of rotatable bonds is 4. The molecule has 0 aromatic carbocycles. The van der Waals surface area contributed by atoms with E-state index >= 15 is 0 Å². The maximum Gasteiger partial charge on any atom is 0.404 e. The van der Waals surface area contributed by atoms with E-state index in [-0.39, 0.29) is 19.2 Å². The van der Waals surface area contributed by atoms with Crippen molar-refractivity contribution in [3.8, 4) is 0 Å². The minimum Gasteiger partial charge on any atom is -0.448 e. The van der Waals surface area contributed by atoms with Crippen molar-refractivity contribution < 1.29 is 14.3 Å². The van der Waals surface area contributed by atoms with Crippen LogP contribution in [0.3, 0.4) is 0 Å². The number of nitrogens with one attached hydrogen (secondary N) is 2. The molecule has 0 atom stereocenters. The molecule has 1 fully saturated rings.